The Bertz CT molecular complexity index is 831. The van der Waals surface area contributed by atoms with Crippen molar-refractivity contribution in [2.45, 2.75) is 217 Å². The first kappa shape index (κ1) is 38.5. The monoisotopic (exact) mass is 636 g/mol. The van der Waals surface area contributed by atoms with Gasteiger partial charge in [0.2, 0.25) is 0 Å². The van der Waals surface area contributed by atoms with Gasteiger partial charge in [0.25, 0.3) is 0 Å². The maximum atomic E-state index is 11.7. The second-order valence-corrected chi connectivity index (χ2v) is 14.6. The van der Waals surface area contributed by atoms with Gasteiger partial charge in [-0.05, 0) is 89.5 Å². The Morgan fingerprint density at radius 2 is 1.20 bits per heavy atom. The molecule has 0 aliphatic carbocycles. The van der Waals surface area contributed by atoms with E-state index >= 15 is 0 Å². The van der Waals surface area contributed by atoms with Crippen molar-refractivity contribution in [1.82, 2.24) is 0 Å². The van der Waals surface area contributed by atoms with E-state index in [9.17, 15) is 20.1 Å². The van der Waals surface area contributed by atoms with Crippen molar-refractivity contribution < 1.29 is 34.3 Å². The van der Waals surface area contributed by atoms with Crippen LogP contribution >= 0.6 is 0 Å². The van der Waals surface area contributed by atoms with E-state index in [4.69, 9.17) is 14.2 Å². The molecule has 0 aromatic carbocycles. The molecule has 3 aliphatic heterocycles. The van der Waals surface area contributed by atoms with E-state index in [0.717, 1.165) is 89.0 Å². The summed E-state index contributed by atoms with van der Waals surface area (Å²) in [6.45, 7) is 6.41. The lowest BCUT2D eigenvalue weighted by atomic mass is 9.95. The standard InChI is InChI=1S/C38H68O7/c1-4-5-6-13-17-31(39)18-15-20-33(41)35-24-26-37(45-35)36-25-23-34(44-36)32(40)19-14-11-9-7-8-10-12-16-28(2)21-22-30-27-29(3)43-38(30)42/h27-29,31-37,39-41H,4-26H2,1-3H3/t28-,29+,31+,32-,33-,34-,35-,36-,37-/m1/s1. The van der Waals surface area contributed by atoms with E-state index < -0.39 is 12.2 Å². The topological polar surface area (TPSA) is 105 Å². The van der Waals surface area contributed by atoms with E-state index in [-0.39, 0.29) is 42.6 Å². The fourth-order valence-electron chi connectivity index (χ4n) is 7.47. The predicted molar refractivity (Wildman–Crippen MR) is 180 cm³/mol. The number of carbonyl (C=O) groups is 1. The van der Waals surface area contributed by atoms with E-state index in [2.05, 4.69) is 13.8 Å². The first-order chi connectivity index (χ1) is 21.8. The fraction of sp³-hybridized carbons (Fsp3) is 0.921. The van der Waals surface area contributed by atoms with E-state index in [1.807, 2.05) is 13.0 Å². The molecule has 3 aliphatic rings. The molecule has 0 amide bonds. The Labute approximate surface area is 274 Å². The maximum absolute atomic E-state index is 11.7. The van der Waals surface area contributed by atoms with Crippen LogP contribution in [0.25, 0.3) is 0 Å². The molecule has 2 fully saturated rings. The van der Waals surface area contributed by atoms with Gasteiger partial charge in [-0.3, -0.25) is 0 Å². The van der Waals surface area contributed by atoms with Crippen molar-refractivity contribution in [1.29, 1.82) is 0 Å². The second-order valence-electron chi connectivity index (χ2n) is 14.6. The lowest BCUT2D eigenvalue weighted by Gasteiger charge is -2.24. The van der Waals surface area contributed by atoms with Gasteiger partial charge in [0.15, 0.2) is 0 Å². The molecule has 3 N–H and O–H groups in total. The third kappa shape index (κ3) is 14.8. The quantitative estimate of drug-likeness (QED) is 0.0687. The third-order valence-corrected chi connectivity index (χ3v) is 10.5. The number of hydrogen-bond donors (Lipinski definition) is 3. The molecule has 0 aromatic rings. The van der Waals surface area contributed by atoms with Crippen LogP contribution in [0.4, 0.5) is 0 Å². The SMILES string of the molecule is CCCCCC[C@H](O)CCC[C@@H](O)[C@H]1CC[C@H]([C@H]2CC[C@H]([C@H](O)CCCCCCCCC[C@@H](C)CCC3=C[C@H](C)OC3=O)O2)O1. The molecule has 7 nitrogen and oxygen atoms in total. The summed E-state index contributed by atoms with van der Waals surface area (Å²) in [7, 11) is 0. The molecule has 0 unspecified atom stereocenters. The normalized spacial score (nSPS) is 27.8. The van der Waals surface area contributed by atoms with Crippen LogP contribution in [0, 0.1) is 5.92 Å². The summed E-state index contributed by atoms with van der Waals surface area (Å²) in [4.78, 5) is 11.7. The van der Waals surface area contributed by atoms with Gasteiger partial charge in [-0.2, -0.15) is 0 Å². The minimum Gasteiger partial charge on any atom is -0.455 e. The Morgan fingerprint density at radius 3 is 1.78 bits per heavy atom. The van der Waals surface area contributed by atoms with Gasteiger partial charge in [-0.15, -0.1) is 0 Å². The van der Waals surface area contributed by atoms with Crippen LogP contribution < -0.4 is 0 Å². The predicted octanol–water partition coefficient (Wildman–Crippen LogP) is 8.10. The van der Waals surface area contributed by atoms with Crippen molar-refractivity contribution in [3.8, 4) is 0 Å². The first-order valence-electron chi connectivity index (χ1n) is 19.0. The molecule has 45 heavy (non-hydrogen) atoms. The third-order valence-electron chi connectivity index (χ3n) is 10.5. The molecule has 7 heteroatoms. The molecule has 2 saturated heterocycles. The zero-order chi connectivity index (χ0) is 32.4. The zero-order valence-electron chi connectivity index (χ0n) is 29.0. The molecular formula is C38H68O7. The number of aliphatic hydroxyl groups excluding tert-OH is 3. The van der Waals surface area contributed by atoms with Crippen LogP contribution in [0.3, 0.4) is 0 Å². The smallest absolute Gasteiger partial charge is 0.334 e. The molecule has 9 atom stereocenters. The Kier molecular flexibility index (Phi) is 18.6. The number of esters is 1. The Hall–Kier alpha value is -0.990. The van der Waals surface area contributed by atoms with Crippen molar-refractivity contribution in [2.24, 2.45) is 5.92 Å². The van der Waals surface area contributed by atoms with Gasteiger partial charge in [0.05, 0.1) is 42.7 Å². The van der Waals surface area contributed by atoms with Gasteiger partial charge in [-0.1, -0.05) is 90.9 Å². The summed E-state index contributed by atoms with van der Waals surface area (Å²) in [6.07, 6.45) is 24.4. The second kappa shape index (κ2) is 21.8. The largest absolute Gasteiger partial charge is 0.455 e. The highest BCUT2D eigenvalue weighted by atomic mass is 16.6. The van der Waals surface area contributed by atoms with Crippen LogP contribution in [-0.2, 0) is 19.0 Å². The summed E-state index contributed by atoms with van der Waals surface area (Å²) in [5.74, 6) is 0.515. The van der Waals surface area contributed by atoms with Gasteiger partial charge in [0.1, 0.15) is 6.10 Å². The average Bonchev–Trinajstić information content (AvgIpc) is 3.77. The highest BCUT2D eigenvalue weighted by Gasteiger charge is 2.40. The zero-order valence-corrected chi connectivity index (χ0v) is 29.0. The fourth-order valence-corrected chi connectivity index (χ4v) is 7.47. The van der Waals surface area contributed by atoms with Crippen LogP contribution in [0.5, 0.6) is 0 Å². The van der Waals surface area contributed by atoms with Crippen LogP contribution in [0.2, 0.25) is 0 Å². The van der Waals surface area contributed by atoms with E-state index in [1.165, 1.54) is 57.8 Å². The number of cyclic esters (lactones) is 1. The summed E-state index contributed by atoms with van der Waals surface area (Å²) < 4.78 is 17.7. The van der Waals surface area contributed by atoms with Crippen molar-refractivity contribution in [2.75, 3.05) is 0 Å². The Balaban J connectivity index is 1.15. The van der Waals surface area contributed by atoms with Crippen LogP contribution in [-0.4, -0.2) is 70.1 Å². The number of aliphatic hydroxyl groups is 3. The average molecular weight is 637 g/mol. The number of hydrogen-bond acceptors (Lipinski definition) is 7. The highest BCUT2D eigenvalue weighted by molar-refractivity contribution is 5.90. The number of unbranched alkanes of at least 4 members (excludes halogenated alkanes) is 9. The lowest BCUT2D eigenvalue weighted by molar-refractivity contribution is -0.139. The number of carbonyl (C=O) groups excluding carboxylic acids is 1. The molecule has 0 radical (unpaired) electrons. The van der Waals surface area contributed by atoms with Crippen molar-refractivity contribution in [3.63, 3.8) is 0 Å². The molecule has 3 rings (SSSR count). The molecule has 0 aromatic heterocycles. The number of ether oxygens (including phenoxy) is 3. The number of rotatable bonds is 25. The van der Waals surface area contributed by atoms with E-state index in [0.29, 0.717) is 12.3 Å². The first-order valence-corrected chi connectivity index (χ1v) is 19.0. The van der Waals surface area contributed by atoms with Crippen LogP contribution in [0.15, 0.2) is 11.6 Å². The van der Waals surface area contributed by atoms with Crippen molar-refractivity contribution >= 4 is 5.97 Å². The lowest BCUT2D eigenvalue weighted by Crippen LogP contribution is -2.33. The molecule has 3 heterocycles. The van der Waals surface area contributed by atoms with Gasteiger partial charge < -0.3 is 29.5 Å². The molecule has 0 bridgehead atoms. The van der Waals surface area contributed by atoms with E-state index in [1.54, 1.807) is 0 Å². The Morgan fingerprint density at radius 1 is 0.689 bits per heavy atom. The molecule has 0 spiro atoms. The van der Waals surface area contributed by atoms with Gasteiger partial charge in [-0.25, -0.2) is 4.79 Å². The highest BCUT2D eigenvalue weighted by Crippen LogP contribution is 2.35. The molecule has 0 saturated carbocycles. The summed E-state index contributed by atoms with van der Waals surface area (Å²) >= 11 is 0. The molecular weight excluding hydrogens is 568 g/mol. The molecule has 262 valence electrons. The summed E-state index contributed by atoms with van der Waals surface area (Å²) in [5.41, 5.74) is 0.860. The van der Waals surface area contributed by atoms with Crippen LogP contribution in [0.1, 0.15) is 168 Å². The summed E-state index contributed by atoms with van der Waals surface area (Å²) in [6, 6.07) is 0. The maximum Gasteiger partial charge on any atom is 0.334 e. The van der Waals surface area contributed by atoms with Gasteiger partial charge in [0, 0.05) is 5.57 Å². The summed E-state index contributed by atoms with van der Waals surface area (Å²) in [5, 5.41) is 31.7. The minimum atomic E-state index is -0.481. The van der Waals surface area contributed by atoms with Gasteiger partial charge >= 0.3 is 5.97 Å². The van der Waals surface area contributed by atoms with Crippen molar-refractivity contribution in [3.05, 3.63) is 11.6 Å². The minimum absolute atomic E-state index is 0.0151.